The van der Waals surface area contributed by atoms with E-state index in [1.165, 1.54) is 47.0 Å². The molecule has 1 aliphatic heterocycles. The molecule has 32 heavy (non-hydrogen) atoms. The van der Waals surface area contributed by atoms with E-state index in [-0.39, 0.29) is 22.2 Å². The summed E-state index contributed by atoms with van der Waals surface area (Å²) in [5, 5.41) is 2.68. The molecule has 166 valence electrons. The second-order valence-corrected chi connectivity index (χ2v) is 10.6. The predicted molar refractivity (Wildman–Crippen MR) is 119 cm³/mol. The highest BCUT2D eigenvalue weighted by Gasteiger charge is 2.28. The highest BCUT2D eigenvalue weighted by Crippen LogP contribution is 2.25. The van der Waals surface area contributed by atoms with Crippen LogP contribution < -0.4 is 14.3 Å². The molecule has 0 atom stereocenters. The lowest BCUT2D eigenvalue weighted by Crippen LogP contribution is -2.25. The van der Waals surface area contributed by atoms with Crippen LogP contribution in [-0.2, 0) is 20.0 Å². The lowest BCUT2D eigenvalue weighted by atomic mass is 10.2. The van der Waals surface area contributed by atoms with Crippen molar-refractivity contribution in [3.63, 3.8) is 0 Å². The monoisotopic (exact) mass is 473 g/mol. The van der Waals surface area contributed by atoms with Crippen LogP contribution in [0.1, 0.15) is 16.8 Å². The van der Waals surface area contributed by atoms with Gasteiger partial charge in [0.15, 0.2) is 0 Å². The number of hydrogen-bond donors (Lipinski definition) is 2. The first-order valence-electron chi connectivity index (χ1n) is 9.56. The van der Waals surface area contributed by atoms with Crippen LogP contribution in [0, 0.1) is 0 Å². The van der Waals surface area contributed by atoms with Crippen molar-refractivity contribution in [2.45, 2.75) is 11.3 Å². The van der Waals surface area contributed by atoms with Crippen LogP contribution in [0.25, 0.3) is 0 Å². The molecule has 0 bridgehead atoms. The molecule has 12 heteroatoms. The van der Waals surface area contributed by atoms with E-state index in [1.807, 2.05) is 0 Å². The van der Waals surface area contributed by atoms with Crippen molar-refractivity contribution in [1.82, 2.24) is 9.97 Å². The Labute approximate surface area is 185 Å². The fourth-order valence-corrected chi connectivity index (χ4v) is 5.70. The molecule has 0 saturated carbocycles. The number of sulfonamides is 2. The van der Waals surface area contributed by atoms with Gasteiger partial charge in [-0.2, -0.15) is 0 Å². The zero-order chi connectivity index (χ0) is 22.8. The number of amides is 1. The number of benzene rings is 2. The van der Waals surface area contributed by atoms with Crippen LogP contribution in [0.2, 0.25) is 0 Å². The van der Waals surface area contributed by atoms with Crippen molar-refractivity contribution in [3.05, 3.63) is 72.6 Å². The molecule has 3 aromatic rings. The Hall–Kier alpha value is -3.51. The zero-order valence-electron chi connectivity index (χ0n) is 16.7. The maximum Gasteiger partial charge on any atom is 0.264 e. The van der Waals surface area contributed by atoms with E-state index >= 15 is 0 Å². The van der Waals surface area contributed by atoms with E-state index in [1.54, 1.807) is 24.3 Å². The highest BCUT2D eigenvalue weighted by atomic mass is 32.2. The molecule has 1 aliphatic rings. The maximum absolute atomic E-state index is 12.6. The van der Waals surface area contributed by atoms with Gasteiger partial charge in [0.05, 0.1) is 16.3 Å². The summed E-state index contributed by atoms with van der Waals surface area (Å²) >= 11 is 0. The van der Waals surface area contributed by atoms with Gasteiger partial charge in [-0.1, -0.05) is 6.07 Å². The van der Waals surface area contributed by atoms with Crippen molar-refractivity contribution in [1.29, 1.82) is 0 Å². The van der Waals surface area contributed by atoms with Crippen LogP contribution in [0.3, 0.4) is 0 Å². The number of nitrogens with zero attached hydrogens (tertiary/aromatic N) is 3. The van der Waals surface area contributed by atoms with Gasteiger partial charge in [-0.05, 0) is 55.0 Å². The van der Waals surface area contributed by atoms with Gasteiger partial charge in [0.2, 0.25) is 16.0 Å². The summed E-state index contributed by atoms with van der Waals surface area (Å²) in [6.07, 6.45) is 3.37. The number of anilines is 3. The fourth-order valence-electron chi connectivity index (χ4n) is 3.18. The molecule has 1 saturated heterocycles. The molecule has 1 aromatic heterocycles. The van der Waals surface area contributed by atoms with Crippen LogP contribution in [0.15, 0.2) is 71.9 Å². The molecule has 0 radical (unpaired) electrons. The van der Waals surface area contributed by atoms with Crippen molar-refractivity contribution in [3.8, 4) is 0 Å². The number of hydrogen-bond acceptors (Lipinski definition) is 7. The Balaban J connectivity index is 1.47. The van der Waals surface area contributed by atoms with Crippen LogP contribution in [-0.4, -0.2) is 45.0 Å². The molecule has 2 N–H and O–H groups in total. The normalized spacial score (nSPS) is 15.3. The van der Waals surface area contributed by atoms with Gasteiger partial charge >= 0.3 is 0 Å². The van der Waals surface area contributed by atoms with Crippen molar-refractivity contribution < 1.29 is 21.6 Å². The van der Waals surface area contributed by atoms with E-state index in [0.717, 1.165) is 0 Å². The molecule has 1 amide bonds. The summed E-state index contributed by atoms with van der Waals surface area (Å²) in [5.41, 5.74) is 1.10. The number of rotatable bonds is 6. The van der Waals surface area contributed by atoms with Gasteiger partial charge in [-0.15, -0.1) is 0 Å². The molecule has 2 aromatic carbocycles. The van der Waals surface area contributed by atoms with Crippen LogP contribution >= 0.6 is 0 Å². The van der Waals surface area contributed by atoms with E-state index < -0.39 is 26.0 Å². The number of carbonyl (C=O) groups excluding carboxylic acids is 1. The Bertz CT molecular complexity index is 1340. The molecular formula is C20H19N5O5S2. The Morgan fingerprint density at radius 2 is 1.72 bits per heavy atom. The Kier molecular flexibility index (Phi) is 5.80. The van der Waals surface area contributed by atoms with Gasteiger partial charge in [0.1, 0.15) is 0 Å². The topological polar surface area (TPSA) is 138 Å². The first kappa shape index (κ1) is 21.7. The minimum Gasteiger partial charge on any atom is -0.322 e. The molecule has 0 aliphatic carbocycles. The molecule has 0 unspecified atom stereocenters. The summed E-state index contributed by atoms with van der Waals surface area (Å²) in [4.78, 5) is 20.3. The first-order chi connectivity index (χ1) is 15.2. The van der Waals surface area contributed by atoms with Crippen LogP contribution in [0.5, 0.6) is 0 Å². The fraction of sp³-hybridized carbons (Fsp3) is 0.150. The van der Waals surface area contributed by atoms with Gasteiger partial charge in [-0.3, -0.25) is 9.10 Å². The van der Waals surface area contributed by atoms with Crippen molar-refractivity contribution >= 4 is 43.3 Å². The molecule has 1 fully saturated rings. The Morgan fingerprint density at radius 1 is 1.00 bits per heavy atom. The van der Waals surface area contributed by atoms with Gasteiger partial charge in [-0.25, -0.2) is 31.5 Å². The average molecular weight is 474 g/mol. The summed E-state index contributed by atoms with van der Waals surface area (Å²) in [5.74, 6) is -0.413. The van der Waals surface area contributed by atoms with Gasteiger partial charge in [0.25, 0.3) is 15.9 Å². The lowest BCUT2D eigenvalue weighted by Gasteiger charge is -2.17. The minimum absolute atomic E-state index is 0.0239. The van der Waals surface area contributed by atoms with Crippen LogP contribution in [0.4, 0.5) is 17.3 Å². The van der Waals surface area contributed by atoms with E-state index in [4.69, 9.17) is 0 Å². The minimum atomic E-state index is -3.89. The number of carbonyl (C=O) groups is 1. The van der Waals surface area contributed by atoms with Gasteiger partial charge < -0.3 is 5.32 Å². The number of nitrogens with one attached hydrogen (secondary N) is 2. The standard InChI is InChI=1S/C20H19N5O5S2/c26-19(15-4-1-5-17(14-15)25-12-3-13-31(25,27)28)23-16-6-8-18(9-7-16)32(29,30)24-20-21-10-2-11-22-20/h1-2,4-11,14H,3,12-13H2,(H,23,26)(H,21,22,24). The summed E-state index contributed by atoms with van der Waals surface area (Å²) in [6, 6.07) is 13.5. The SMILES string of the molecule is O=C(Nc1ccc(S(=O)(=O)Nc2ncccn2)cc1)c1cccc(N2CCCS2(=O)=O)c1. The molecule has 4 rings (SSSR count). The zero-order valence-corrected chi connectivity index (χ0v) is 18.3. The lowest BCUT2D eigenvalue weighted by molar-refractivity contribution is 0.102. The molecule has 0 spiro atoms. The predicted octanol–water partition coefficient (Wildman–Crippen LogP) is 2.07. The first-order valence-corrected chi connectivity index (χ1v) is 12.7. The quantitative estimate of drug-likeness (QED) is 0.559. The second kappa shape index (κ2) is 8.55. The Morgan fingerprint density at radius 3 is 2.38 bits per heavy atom. The summed E-state index contributed by atoms with van der Waals surface area (Å²) < 4.78 is 52.7. The van der Waals surface area contributed by atoms with E-state index in [9.17, 15) is 21.6 Å². The highest BCUT2D eigenvalue weighted by molar-refractivity contribution is 7.93. The molecule has 10 nitrogen and oxygen atoms in total. The number of aromatic nitrogens is 2. The molecular weight excluding hydrogens is 454 g/mol. The largest absolute Gasteiger partial charge is 0.322 e. The maximum atomic E-state index is 12.6. The third-order valence-corrected chi connectivity index (χ3v) is 7.92. The smallest absolute Gasteiger partial charge is 0.264 e. The summed E-state index contributed by atoms with van der Waals surface area (Å²) in [7, 11) is -7.24. The second-order valence-electron chi connectivity index (χ2n) is 6.95. The van der Waals surface area contributed by atoms with E-state index in [2.05, 4.69) is 20.0 Å². The third kappa shape index (κ3) is 4.70. The summed E-state index contributed by atoms with van der Waals surface area (Å²) in [6.45, 7) is 0.380. The molecule has 2 heterocycles. The van der Waals surface area contributed by atoms with Gasteiger partial charge in [0, 0.05) is 30.2 Å². The van der Waals surface area contributed by atoms with Crippen molar-refractivity contribution in [2.75, 3.05) is 26.6 Å². The third-order valence-electron chi connectivity index (χ3n) is 4.71. The van der Waals surface area contributed by atoms with Crippen molar-refractivity contribution in [2.24, 2.45) is 0 Å². The average Bonchev–Trinajstić information content (AvgIpc) is 3.13. The van der Waals surface area contributed by atoms with E-state index in [0.29, 0.717) is 24.3 Å².